The van der Waals surface area contributed by atoms with Crippen molar-refractivity contribution >= 4 is 28.5 Å². The van der Waals surface area contributed by atoms with Gasteiger partial charge in [0, 0.05) is 24.7 Å². The fourth-order valence-electron chi connectivity index (χ4n) is 2.86. The molecule has 0 fully saturated rings. The molecule has 24 heavy (non-hydrogen) atoms. The summed E-state index contributed by atoms with van der Waals surface area (Å²) in [5.41, 5.74) is 9.43. The Bertz CT molecular complexity index is 777. The van der Waals surface area contributed by atoms with Gasteiger partial charge in [0.1, 0.15) is 11.5 Å². The van der Waals surface area contributed by atoms with E-state index in [0.717, 1.165) is 48.4 Å². The van der Waals surface area contributed by atoms with Crippen molar-refractivity contribution in [2.24, 2.45) is 11.7 Å². The molecular weight excluding hydrogens is 322 g/mol. The maximum absolute atomic E-state index is 6.28. The van der Waals surface area contributed by atoms with Gasteiger partial charge in [0.15, 0.2) is 0 Å². The highest BCUT2D eigenvalue weighted by Crippen LogP contribution is 2.25. The number of hydrogen-bond donors (Lipinski definition) is 3. The lowest BCUT2D eigenvalue weighted by molar-refractivity contribution is 0.438. The van der Waals surface area contributed by atoms with Crippen LogP contribution in [0.3, 0.4) is 0 Å². The number of allylic oxidation sites excluding steroid dienone is 3. The molecule has 0 spiro atoms. The molecule has 6 heteroatoms. The number of H-pyrrole nitrogens is 1. The zero-order valence-corrected chi connectivity index (χ0v) is 14.9. The van der Waals surface area contributed by atoms with Crippen molar-refractivity contribution < 1.29 is 0 Å². The van der Waals surface area contributed by atoms with Gasteiger partial charge < -0.3 is 16.0 Å². The molecule has 2 aromatic rings. The molecule has 3 rings (SSSR count). The zero-order chi connectivity index (χ0) is 17.1. The topological polar surface area (TPSA) is 79.6 Å². The zero-order valence-electron chi connectivity index (χ0n) is 14.1. The summed E-state index contributed by atoms with van der Waals surface area (Å²) >= 11 is 6.07. The summed E-state index contributed by atoms with van der Waals surface area (Å²) in [4.78, 5) is 12.0. The number of aromatic nitrogens is 3. The van der Waals surface area contributed by atoms with Crippen LogP contribution in [-0.4, -0.2) is 27.5 Å². The predicted octanol–water partition coefficient (Wildman–Crippen LogP) is 3.83. The summed E-state index contributed by atoms with van der Waals surface area (Å²) in [5, 5.41) is 4.57. The first-order valence-electron chi connectivity index (χ1n) is 8.46. The van der Waals surface area contributed by atoms with Crippen molar-refractivity contribution in [3.63, 3.8) is 0 Å². The van der Waals surface area contributed by atoms with Crippen LogP contribution in [0.1, 0.15) is 32.4 Å². The van der Waals surface area contributed by atoms with Crippen LogP contribution in [0.15, 0.2) is 29.9 Å². The Morgan fingerprint density at radius 2 is 2.25 bits per heavy atom. The second kappa shape index (κ2) is 7.36. The maximum Gasteiger partial charge on any atom is 0.226 e. The highest BCUT2D eigenvalue weighted by Gasteiger charge is 2.15. The fraction of sp³-hybridized carbons (Fsp3) is 0.444. The van der Waals surface area contributed by atoms with E-state index in [2.05, 4.69) is 58.4 Å². The van der Waals surface area contributed by atoms with E-state index in [1.807, 2.05) is 0 Å². The SMILES string of the molecule is CC[C@H](C)[C@H](N)Cc1cc2c(NCC3=CC=CC3)nc(Cl)nc2[nH]1. The van der Waals surface area contributed by atoms with Gasteiger partial charge in [-0.25, -0.2) is 4.98 Å². The summed E-state index contributed by atoms with van der Waals surface area (Å²) in [6.45, 7) is 5.10. The summed E-state index contributed by atoms with van der Waals surface area (Å²) < 4.78 is 0. The Kier molecular flexibility index (Phi) is 5.21. The van der Waals surface area contributed by atoms with E-state index in [4.69, 9.17) is 17.3 Å². The first-order chi connectivity index (χ1) is 11.6. The molecule has 2 atom stereocenters. The van der Waals surface area contributed by atoms with Crippen molar-refractivity contribution in [3.8, 4) is 0 Å². The van der Waals surface area contributed by atoms with Gasteiger partial charge in [-0.05, 0) is 35.6 Å². The van der Waals surface area contributed by atoms with Gasteiger partial charge in [0.25, 0.3) is 0 Å². The molecule has 2 aromatic heterocycles. The Morgan fingerprint density at radius 3 is 2.96 bits per heavy atom. The number of aromatic amines is 1. The first-order valence-corrected chi connectivity index (χ1v) is 8.83. The second-order valence-corrected chi connectivity index (χ2v) is 6.80. The molecule has 1 aliphatic carbocycles. The van der Waals surface area contributed by atoms with Gasteiger partial charge in [-0.1, -0.05) is 38.5 Å². The smallest absolute Gasteiger partial charge is 0.226 e. The quantitative estimate of drug-likeness (QED) is 0.666. The average molecular weight is 346 g/mol. The Hall–Kier alpha value is -1.85. The second-order valence-electron chi connectivity index (χ2n) is 6.46. The third-order valence-corrected chi connectivity index (χ3v) is 4.85. The van der Waals surface area contributed by atoms with E-state index in [1.165, 1.54) is 5.57 Å². The number of nitrogens with one attached hydrogen (secondary N) is 2. The summed E-state index contributed by atoms with van der Waals surface area (Å²) in [6, 6.07) is 2.20. The highest BCUT2D eigenvalue weighted by atomic mass is 35.5. The van der Waals surface area contributed by atoms with Gasteiger partial charge in [0.2, 0.25) is 5.28 Å². The minimum atomic E-state index is 0.123. The molecule has 4 N–H and O–H groups in total. The van der Waals surface area contributed by atoms with Crippen LogP contribution in [0.2, 0.25) is 5.28 Å². The van der Waals surface area contributed by atoms with Gasteiger partial charge >= 0.3 is 0 Å². The van der Waals surface area contributed by atoms with Crippen LogP contribution in [0, 0.1) is 5.92 Å². The van der Waals surface area contributed by atoms with Crippen LogP contribution < -0.4 is 11.1 Å². The van der Waals surface area contributed by atoms with Crippen molar-refractivity contribution in [2.75, 3.05) is 11.9 Å². The van der Waals surface area contributed by atoms with E-state index in [1.54, 1.807) is 0 Å². The molecule has 0 aliphatic heterocycles. The molecule has 0 saturated carbocycles. The van der Waals surface area contributed by atoms with Gasteiger partial charge in [0.05, 0.1) is 5.39 Å². The van der Waals surface area contributed by atoms with Crippen molar-refractivity contribution in [2.45, 2.75) is 39.2 Å². The number of rotatable bonds is 7. The van der Waals surface area contributed by atoms with Gasteiger partial charge in [-0.3, -0.25) is 0 Å². The average Bonchev–Trinajstić information content (AvgIpc) is 3.20. The van der Waals surface area contributed by atoms with Crippen LogP contribution >= 0.6 is 11.6 Å². The number of anilines is 1. The number of nitrogens with zero attached hydrogens (tertiary/aromatic N) is 2. The van der Waals surface area contributed by atoms with E-state index in [0.29, 0.717) is 5.92 Å². The Labute approximate surface area is 147 Å². The molecule has 128 valence electrons. The Balaban J connectivity index is 1.81. The van der Waals surface area contributed by atoms with Crippen LogP contribution in [-0.2, 0) is 6.42 Å². The molecule has 0 amide bonds. The standard InChI is InChI=1S/C18H24ClN5/c1-3-11(2)15(20)9-13-8-14-16(21-10-12-6-4-5-7-12)23-18(19)24-17(14)22-13/h4-6,8,11,15H,3,7,9-10,20H2,1-2H3,(H2,21,22,23,24)/t11-,15+/m0/s1. The molecule has 0 unspecified atom stereocenters. The van der Waals surface area contributed by atoms with Crippen LogP contribution in [0.4, 0.5) is 5.82 Å². The van der Waals surface area contributed by atoms with Crippen LogP contribution in [0.5, 0.6) is 0 Å². The molecule has 0 radical (unpaired) electrons. The first kappa shape index (κ1) is 17.0. The van der Waals surface area contributed by atoms with Crippen molar-refractivity contribution in [1.29, 1.82) is 0 Å². The van der Waals surface area contributed by atoms with Crippen molar-refractivity contribution in [3.05, 3.63) is 40.8 Å². The number of hydrogen-bond acceptors (Lipinski definition) is 4. The summed E-state index contributed by atoms with van der Waals surface area (Å²) in [6.07, 6.45) is 9.19. The summed E-state index contributed by atoms with van der Waals surface area (Å²) in [5.74, 6) is 1.24. The molecule has 1 aliphatic rings. The molecule has 2 heterocycles. The van der Waals surface area contributed by atoms with Gasteiger partial charge in [-0.2, -0.15) is 4.98 Å². The molecule has 0 saturated heterocycles. The number of fused-ring (bicyclic) bond motifs is 1. The fourth-order valence-corrected chi connectivity index (χ4v) is 3.03. The molecular formula is C18H24ClN5. The third kappa shape index (κ3) is 3.79. The normalized spacial score (nSPS) is 16.4. The van der Waals surface area contributed by atoms with E-state index < -0.39 is 0 Å². The number of nitrogens with two attached hydrogens (primary N) is 1. The van der Waals surface area contributed by atoms with E-state index in [9.17, 15) is 0 Å². The van der Waals surface area contributed by atoms with E-state index >= 15 is 0 Å². The lowest BCUT2D eigenvalue weighted by Gasteiger charge is -2.17. The van der Waals surface area contributed by atoms with E-state index in [-0.39, 0.29) is 11.3 Å². The largest absolute Gasteiger partial charge is 0.366 e. The molecule has 0 bridgehead atoms. The minimum absolute atomic E-state index is 0.123. The lowest BCUT2D eigenvalue weighted by Crippen LogP contribution is -2.30. The third-order valence-electron chi connectivity index (χ3n) is 4.68. The predicted molar refractivity (Wildman–Crippen MR) is 100 cm³/mol. The Morgan fingerprint density at radius 1 is 1.42 bits per heavy atom. The highest BCUT2D eigenvalue weighted by molar-refractivity contribution is 6.28. The molecule has 0 aromatic carbocycles. The number of halogens is 1. The monoisotopic (exact) mass is 345 g/mol. The maximum atomic E-state index is 6.28. The summed E-state index contributed by atoms with van der Waals surface area (Å²) in [7, 11) is 0. The molecule has 5 nitrogen and oxygen atoms in total. The van der Waals surface area contributed by atoms with Crippen LogP contribution in [0.25, 0.3) is 11.0 Å². The minimum Gasteiger partial charge on any atom is -0.366 e. The van der Waals surface area contributed by atoms with Gasteiger partial charge in [-0.15, -0.1) is 0 Å². The lowest BCUT2D eigenvalue weighted by atomic mass is 9.96. The van der Waals surface area contributed by atoms with Crippen molar-refractivity contribution in [1.82, 2.24) is 15.0 Å².